The molecule has 0 amide bonds. The Hall–Kier alpha value is -3.16. The molecule has 1 aliphatic heterocycles. The van der Waals surface area contributed by atoms with Crippen molar-refractivity contribution in [1.82, 2.24) is 4.98 Å². The van der Waals surface area contributed by atoms with Crippen LogP contribution >= 0.6 is 0 Å². The van der Waals surface area contributed by atoms with E-state index in [1.807, 2.05) is 17.0 Å². The second kappa shape index (κ2) is 9.16. The number of amidine groups is 1. The number of anilines is 1. The van der Waals surface area contributed by atoms with Crippen LogP contribution in [0.1, 0.15) is 24.8 Å². The molecule has 28 heavy (non-hydrogen) atoms. The summed E-state index contributed by atoms with van der Waals surface area (Å²) in [6.07, 6.45) is 4.71. The molecule has 1 aromatic carbocycles. The minimum absolute atomic E-state index is 0.0810. The summed E-state index contributed by atoms with van der Waals surface area (Å²) >= 11 is 0. The molecular formula is C20H23FN4O3. The molecule has 0 unspecified atom stereocenters. The van der Waals surface area contributed by atoms with Crippen molar-refractivity contribution in [3.63, 3.8) is 0 Å². The lowest BCUT2D eigenvalue weighted by Crippen LogP contribution is -2.38. The maximum atomic E-state index is 14.9. The van der Waals surface area contributed by atoms with Crippen LogP contribution in [0.4, 0.5) is 10.1 Å². The molecule has 3 rings (SSSR count). The van der Waals surface area contributed by atoms with Crippen molar-refractivity contribution in [3.05, 3.63) is 54.1 Å². The Labute approximate surface area is 162 Å². The van der Waals surface area contributed by atoms with Gasteiger partial charge in [-0.3, -0.25) is 15.2 Å². The first-order valence-electron chi connectivity index (χ1n) is 9.10. The number of carbonyl (C=O) groups is 1. The lowest BCUT2D eigenvalue weighted by molar-refractivity contribution is -0.143. The van der Waals surface area contributed by atoms with Crippen molar-refractivity contribution in [2.45, 2.75) is 32.0 Å². The van der Waals surface area contributed by atoms with E-state index < -0.39 is 11.8 Å². The first-order valence-corrected chi connectivity index (χ1v) is 9.10. The third-order valence-corrected chi connectivity index (χ3v) is 4.52. The van der Waals surface area contributed by atoms with Gasteiger partial charge in [0.15, 0.2) is 5.82 Å². The molecule has 7 nitrogen and oxygen atoms in total. The van der Waals surface area contributed by atoms with E-state index in [2.05, 4.69) is 4.98 Å². The number of ether oxygens (including phenoxy) is 2. The lowest BCUT2D eigenvalue weighted by atomic mass is 10.1. The molecule has 0 spiro atoms. The van der Waals surface area contributed by atoms with Crippen LogP contribution in [-0.2, 0) is 16.1 Å². The summed E-state index contributed by atoms with van der Waals surface area (Å²) in [5, 5.41) is 7.09. The molecule has 0 bridgehead atoms. The maximum absolute atomic E-state index is 14.9. The van der Waals surface area contributed by atoms with E-state index in [1.54, 1.807) is 30.6 Å². The maximum Gasteiger partial charge on any atom is 0.313 e. The number of esters is 1. The smallest absolute Gasteiger partial charge is 0.313 e. The van der Waals surface area contributed by atoms with Crippen LogP contribution in [0, 0.1) is 11.2 Å². The molecule has 2 heterocycles. The predicted molar refractivity (Wildman–Crippen MR) is 103 cm³/mol. The molecule has 3 N–H and O–H groups in total. The monoisotopic (exact) mass is 386 g/mol. The number of nitrogens with two attached hydrogens (primary N) is 1. The number of aromatic nitrogens is 1. The predicted octanol–water partition coefficient (Wildman–Crippen LogP) is 2.64. The van der Waals surface area contributed by atoms with Crippen molar-refractivity contribution in [3.8, 4) is 5.75 Å². The highest BCUT2D eigenvalue weighted by Crippen LogP contribution is 2.27. The van der Waals surface area contributed by atoms with Crippen molar-refractivity contribution >= 4 is 17.5 Å². The van der Waals surface area contributed by atoms with Crippen LogP contribution in [0.3, 0.4) is 0 Å². The molecule has 8 heteroatoms. The Bertz CT molecular complexity index is 823. The van der Waals surface area contributed by atoms with Crippen molar-refractivity contribution in [2.75, 3.05) is 18.0 Å². The highest BCUT2D eigenvalue weighted by Gasteiger charge is 2.23. The zero-order chi connectivity index (χ0) is 19.9. The van der Waals surface area contributed by atoms with E-state index in [4.69, 9.17) is 20.6 Å². The first-order chi connectivity index (χ1) is 13.5. The average Bonchev–Trinajstić information content (AvgIpc) is 2.68. The van der Waals surface area contributed by atoms with Gasteiger partial charge in [0.05, 0.1) is 5.69 Å². The third kappa shape index (κ3) is 5.18. The van der Waals surface area contributed by atoms with E-state index in [0.717, 1.165) is 18.6 Å². The molecule has 2 aromatic rings. The number of nitrogens with zero attached hydrogens (tertiary/aromatic N) is 2. The summed E-state index contributed by atoms with van der Waals surface area (Å²) < 4.78 is 25.8. The second-order valence-electron chi connectivity index (χ2n) is 6.60. The Morgan fingerprint density at radius 1 is 1.25 bits per heavy atom. The van der Waals surface area contributed by atoms with Crippen molar-refractivity contribution in [1.29, 1.82) is 5.41 Å². The van der Waals surface area contributed by atoms with Crippen LogP contribution in [0.2, 0.25) is 0 Å². The number of pyridine rings is 1. The molecule has 0 aliphatic carbocycles. The van der Waals surface area contributed by atoms with Crippen LogP contribution in [0.25, 0.3) is 0 Å². The normalized spacial score (nSPS) is 14.5. The topological polar surface area (TPSA) is 102 Å². The SMILES string of the molecule is N=C(N)CC(=O)OCc1cccc(N2CCC(Oc3ccncc3)CC2)c1F. The van der Waals surface area contributed by atoms with E-state index in [9.17, 15) is 9.18 Å². The zero-order valence-corrected chi connectivity index (χ0v) is 15.4. The highest BCUT2D eigenvalue weighted by molar-refractivity contribution is 5.94. The number of halogens is 1. The summed E-state index contributed by atoms with van der Waals surface area (Å²) in [5.41, 5.74) is 5.95. The van der Waals surface area contributed by atoms with Crippen LogP contribution in [0.5, 0.6) is 5.75 Å². The Kier molecular flexibility index (Phi) is 6.41. The average molecular weight is 386 g/mol. The molecule has 1 aliphatic rings. The number of hydrogen-bond acceptors (Lipinski definition) is 6. The van der Waals surface area contributed by atoms with E-state index in [0.29, 0.717) is 24.3 Å². The second-order valence-corrected chi connectivity index (χ2v) is 6.60. The summed E-state index contributed by atoms with van der Waals surface area (Å²) in [5.74, 6) is -0.539. The van der Waals surface area contributed by atoms with Gasteiger partial charge in [0.1, 0.15) is 30.7 Å². The molecular weight excluding hydrogens is 363 g/mol. The number of benzene rings is 1. The van der Waals surface area contributed by atoms with Gasteiger partial charge in [-0.25, -0.2) is 4.39 Å². The highest BCUT2D eigenvalue weighted by atomic mass is 19.1. The van der Waals surface area contributed by atoms with Crippen molar-refractivity contribution in [2.24, 2.45) is 5.73 Å². The van der Waals surface area contributed by atoms with Crippen LogP contribution in [0.15, 0.2) is 42.7 Å². The minimum atomic E-state index is -0.647. The van der Waals surface area contributed by atoms with Gasteiger partial charge in [0.25, 0.3) is 0 Å². The molecule has 0 atom stereocenters. The van der Waals surface area contributed by atoms with Gasteiger partial charge < -0.3 is 20.1 Å². The molecule has 0 saturated carbocycles. The first kappa shape index (κ1) is 19.6. The van der Waals surface area contributed by atoms with Gasteiger partial charge in [0.2, 0.25) is 0 Å². The standard InChI is InChI=1S/C20H23FN4O3/c21-20-14(13-27-19(26)12-18(22)23)2-1-3-17(20)25-10-6-16(7-11-25)28-15-4-8-24-9-5-15/h1-5,8-9,16H,6-7,10-13H2,(H3,22,23). The summed E-state index contributed by atoms with van der Waals surface area (Å²) in [4.78, 5) is 17.5. The summed E-state index contributed by atoms with van der Waals surface area (Å²) in [6.45, 7) is 1.15. The summed E-state index contributed by atoms with van der Waals surface area (Å²) in [7, 11) is 0. The number of piperidine rings is 1. The van der Waals surface area contributed by atoms with Gasteiger partial charge in [-0.05, 0) is 18.2 Å². The quantitative estimate of drug-likeness (QED) is 0.431. The van der Waals surface area contributed by atoms with Crippen LogP contribution < -0.4 is 15.4 Å². The van der Waals surface area contributed by atoms with Crippen molar-refractivity contribution < 1.29 is 18.7 Å². The number of carbonyl (C=O) groups excluding carboxylic acids is 1. The zero-order valence-electron chi connectivity index (χ0n) is 15.4. The van der Waals surface area contributed by atoms with Gasteiger partial charge in [-0.2, -0.15) is 0 Å². The fraction of sp³-hybridized carbons (Fsp3) is 0.350. The fourth-order valence-electron chi connectivity index (χ4n) is 3.11. The van der Waals surface area contributed by atoms with Gasteiger partial charge >= 0.3 is 5.97 Å². The van der Waals surface area contributed by atoms with Gasteiger partial charge in [-0.1, -0.05) is 12.1 Å². The largest absolute Gasteiger partial charge is 0.490 e. The molecule has 1 aromatic heterocycles. The third-order valence-electron chi connectivity index (χ3n) is 4.52. The molecule has 1 saturated heterocycles. The van der Waals surface area contributed by atoms with E-state index >= 15 is 0 Å². The van der Waals surface area contributed by atoms with E-state index in [1.165, 1.54) is 0 Å². The molecule has 1 fully saturated rings. The summed E-state index contributed by atoms with van der Waals surface area (Å²) in [6, 6.07) is 8.69. The number of nitrogens with one attached hydrogen (secondary N) is 1. The number of hydrogen-bond donors (Lipinski definition) is 2. The van der Waals surface area contributed by atoms with Gasteiger partial charge in [0, 0.05) is 43.9 Å². The van der Waals surface area contributed by atoms with Gasteiger partial charge in [-0.15, -0.1) is 0 Å². The Balaban J connectivity index is 1.57. The Morgan fingerprint density at radius 2 is 1.96 bits per heavy atom. The molecule has 0 radical (unpaired) electrons. The fourth-order valence-corrected chi connectivity index (χ4v) is 3.11. The minimum Gasteiger partial charge on any atom is -0.490 e. The Morgan fingerprint density at radius 3 is 2.64 bits per heavy atom. The molecule has 148 valence electrons. The number of rotatable bonds is 7. The lowest BCUT2D eigenvalue weighted by Gasteiger charge is -2.34. The van der Waals surface area contributed by atoms with E-state index in [-0.39, 0.29) is 25.0 Å². The van der Waals surface area contributed by atoms with Crippen LogP contribution in [-0.4, -0.2) is 36.0 Å².